The molecule has 0 saturated heterocycles. The Kier molecular flexibility index (Phi) is 7.59. The summed E-state index contributed by atoms with van der Waals surface area (Å²) in [5, 5.41) is 10.0. The molecule has 36 heavy (non-hydrogen) atoms. The van der Waals surface area contributed by atoms with E-state index in [9.17, 15) is 14.7 Å². The van der Waals surface area contributed by atoms with Crippen molar-refractivity contribution in [3.63, 3.8) is 0 Å². The number of rotatable bonds is 8. The molecule has 8 nitrogen and oxygen atoms in total. The van der Waals surface area contributed by atoms with Crippen LogP contribution in [0, 0.1) is 0 Å². The summed E-state index contributed by atoms with van der Waals surface area (Å²) >= 11 is 1.23. The lowest BCUT2D eigenvalue weighted by atomic mass is 9.96. The zero-order chi connectivity index (χ0) is 25.8. The van der Waals surface area contributed by atoms with Gasteiger partial charge >= 0.3 is 5.97 Å². The van der Waals surface area contributed by atoms with Crippen LogP contribution in [0.25, 0.3) is 6.08 Å². The van der Waals surface area contributed by atoms with E-state index in [0.717, 1.165) is 5.56 Å². The van der Waals surface area contributed by atoms with E-state index in [1.807, 2.05) is 38.1 Å². The summed E-state index contributed by atoms with van der Waals surface area (Å²) in [5.41, 5.74) is 1.98. The fraction of sp³-hybridized carbons (Fsp3) is 0.296. The van der Waals surface area contributed by atoms with Gasteiger partial charge in [0.15, 0.2) is 16.3 Å². The molecular weight excluding hydrogens is 480 g/mol. The second kappa shape index (κ2) is 10.8. The van der Waals surface area contributed by atoms with Crippen molar-refractivity contribution < 1.29 is 24.1 Å². The third-order valence-electron chi connectivity index (χ3n) is 5.61. The van der Waals surface area contributed by atoms with Gasteiger partial charge in [0.1, 0.15) is 5.75 Å². The number of hydrogen-bond acceptors (Lipinski definition) is 8. The molecule has 2 aromatic carbocycles. The maximum Gasteiger partial charge on any atom is 0.338 e. The number of benzene rings is 2. The van der Waals surface area contributed by atoms with Crippen LogP contribution in [0.1, 0.15) is 44.9 Å². The van der Waals surface area contributed by atoms with Gasteiger partial charge in [-0.2, -0.15) is 0 Å². The Morgan fingerprint density at radius 1 is 1.08 bits per heavy atom. The Bertz CT molecular complexity index is 1480. The number of aromatic nitrogens is 1. The molecule has 2 heterocycles. The fourth-order valence-corrected chi connectivity index (χ4v) is 5.11. The molecule has 1 N–H and O–H groups in total. The number of thiazole rings is 1. The van der Waals surface area contributed by atoms with Crippen LogP contribution in [0.4, 0.5) is 0 Å². The Morgan fingerprint density at radius 3 is 2.47 bits per heavy atom. The van der Waals surface area contributed by atoms with E-state index in [1.54, 1.807) is 32.1 Å². The molecule has 1 unspecified atom stereocenters. The first kappa shape index (κ1) is 25.2. The number of hydrogen-bond donors (Lipinski definition) is 1. The lowest BCUT2D eigenvalue weighted by molar-refractivity contribution is -0.139. The predicted molar refractivity (Wildman–Crippen MR) is 137 cm³/mol. The quantitative estimate of drug-likeness (QED) is 0.469. The summed E-state index contributed by atoms with van der Waals surface area (Å²) in [7, 11) is 0. The van der Waals surface area contributed by atoms with Crippen molar-refractivity contribution in [2.45, 2.75) is 33.7 Å². The van der Waals surface area contributed by atoms with Crippen LogP contribution in [0.15, 0.2) is 63.5 Å². The molecule has 9 heteroatoms. The maximum atomic E-state index is 13.7. The highest BCUT2D eigenvalue weighted by Crippen LogP contribution is 2.32. The molecule has 1 aromatic heterocycles. The van der Waals surface area contributed by atoms with Crippen LogP contribution in [0.3, 0.4) is 0 Å². The van der Waals surface area contributed by atoms with Gasteiger partial charge in [0, 0.05) is 0 Å². The van der Waals surface area contributed by atoms with Crippen LogP contribution in [-0.2, 0) is 9.53 Å². The number of carbonyl (C=O) groups is 1. The van der Waals surface area contributed by atoms with Crippen LogP contribution < -0.4 is 24.4 Å². The van der Waals surface area contributed by atoms with Crippen LogP contribution in [0.5, 0.6) is 17.2 Å². The molecule has 1 aliphatic rings. The van der Waals surface area contributed by atoms with Gasteiger partial charge < -0.3 is 19.3 Å². The van der Waals surface area contributed by atoms with Gasteiger partial charge in [0.25, 0.3) is 5.56 Å². The highest BCUT2D eigenvalue weighted by atomic mass is 32.1. The Labute approximate surface area is 212 Å². The molecule has 0 bridgehead atoms. The summed E-state index contributed by atoms with van der Waals surface area (Å²) in [5.74, 6) is 0.559. The summed E-state index contributed by atoms with van der Waals surface area (Å²) in [6, 6.07) is 11.5. The van der Waals surface area contributed by atoms with Gasteiger partial charge in [-0.1, -0.05) is 29.5 Å². The van der Waals surface area contributed by atoms with Gasteiger partial charge in [-0.3, -0.25) is 9.36 Å². The van der Waals surface area contributed by atoms with Crippen molar-refractivity contribution in [3.8, 4) is 17.2 Å². The monoisotopic (exact) mass is 508 g/mol. The molecule has 0 aliphatic carbocycles. The zero-order valence-electron chi connectivity index (χ0n) is 20.6. The van der Waals surface area contributed by atoms with E-state index in [0.29, 0.717) is 50.9 Å². The summed E-state index contributed by atoms with van der Waals surface area (Å²) in [4.78, 5) is 31.7. The van der Waals surface area contributed by atoms with Crippen molar-refractivity contribution >= 4 is 23.4 Å². The topological polar surface area (TPSA) is 99.4 Å². The molecule has 0 spiro atoms. The SMILES string of the molecule is CCOC(=O)C1=C(C)N=c2s/c(=C/c3ccc(O)c(OCC)c3)c(=O)n2C1c1ccc(OCC)cc1. The minimum Gasteiger partial charge on any atom is -0.504 e. The Balaban J connectivity index is 1.89. The van der Waals surface area contributed by atoms with Gasteiger partial charge in [-0.25, -0.2) is 9.79 Å². The second-order valence-corrected chi connectivity index (χ2v) is 8.97. The van der Waals surface area contributed by atoms with E-state index in [2.05, 4.69) is 4.99 Å². The summed E-state index contributed by atoms with van der Waals surface area (Å²) in [6.07, 6.45) is 1.73. The summed E-state index contributed by atoms with van der Waals surface area (Å²) < 4.78 is 18.3. The predicted octanol–water partition coefficient (Wildman–Crippen LogP) is 3.30. The molecule has 1 atom stereocenters. The van der Waals surface area contributed by atoms with E-state index in [1.165, 1.54) is 22.0 Å². The molecule has 0 saturated carbocycles. The number of fused-ring (bicyclic) bond motifs is 1. The fourth-order valence-electron chi connectivity index (χ4n) is 4.06. The lowest BCUT2D eigenvalue weighted by Crippen LogP contribution is -2.39. The standard InChI is InChI=1S/C27H28N2O6S/c1-5-33-19-11-9-18(10-12-19)24-23(26(32)35-7-3)16(4)28-27-29(24)25(31)22(36-27)15-17-8-13-20(30)21(14-17)34-6-2/h8-15,24,30H,5-7H2,1-4H3/b22-15+. The number of phenolic OH excluding ortho intramolecular Hbond substituents is 1. The minimum atomic E-state index is -0.697. The molecule has 0 radical (unpaired) electrons. The van der Waals surface area contributed by atoms with Crippen molar-refractivity contribution in [2.24, 2.45) is 4.99 Å². The molecule has 0 fully saturated rings. The van der Waals surface area contributed by atoms with Crippen LogP contribution in [-0.4, -0.2) is 35.5 Å². The number of allylic oxidation sites excluding steroid dienone is 1. The average molecular weight is 509 g/mol. The molecule has 188 valence electrons. The maximum absolute atomic E-state index is 13.7. The first-order chi connectivity index (χ1) is 17.4. The van der Waals surface area contributed by atoms with Crippen molar-refractivity contribution in [2.75, 3.05) is 19.8 Å². The van der Waals surface area contributed by atoms with Crippen LogP contribution in [0.2, 0.25) is 0 Å². The largest absolute Gasteiger partial charge is 0.504 e. The number of ether oxygens (including phenoxy) is 3. The number of nitrogens with zero attached hydrogens (tertiary/aromatic N) is 2. The van der Waals surface area contributed by atoms with E-state index >= 15 is 0 Å². The van der Waals surface area contributed by atoms with Gasteiger partial charge in [0.2, 0.25) is 0 Å². The third-order valence-corrected chi connectivity index (χ3v) is 6.59. The van der Waals surface area contributed by atoms with Gasteiger partial charge in [-0.05, 0) is 69.2 Å². The average Bonchev–Trinajstić information content (AvgIpc) is 3.15. The highest BCUT2D eigenvalue weighted by Gasteiger charge is 2.33. The number of carbonyl (C=O) groups excluding carboxylic acids is 1. The molecule has 4 rings (SSSR count). The van der Waals surface area contributed by atoms with Crippen molar-refractivity contribution in [3.05, 3.63) is 84.5 Å². The Morgan fingerprint density at radius 2 is 1.81 bits per heavy atom. The Hall–Kier alpha value is -3.85. The first-order valence-corrected chi connectivity index (χ1v) is 12.6. The van der Waals surface area contributed by atoms with E-state index < -0.39 is 12.0 Å². The lowest BCUT2D eigenvalue weighted by Gasteiger charge is -2.24. The van der Waals surface area contributed by atoms with Crippen molar-refractivity contribution in [1.29, 1.82) is 0 Å². The molecule has 1 aliphatic heterocycles. The smallest absolute Gasteiger partial charge is 0.338 e. The molecule has 0 amide bonds. The van der Waals surface area contributed by atoms with Gasteiger partial charge in [-0.15, -0.1) is 0 Å². The van der Waals surface area contributed by atoms with Crippen LogP contribution >= 0.6 is 11.3 Å². The minimum absolute atomic E-state index is 0.0284. The zero-order valence-corrected chi connectivity index (χ0v) is 21.4. The normalized spacial score (nSPS) is 15.3. The molecular formula is C27H28N2O6S. The second-order valence-electron chi connectivity index (χ2n) is 7.96. The van der Waals surface area contributed by atoms with E-state index in [-0.39, 0.29) is 17.9 Å². The number of aromatic hydroxyl groups is 1. The third kappa shape index (κ3) is 4.92. The first-order valence-electron chi connectivity index (χ1n) is 11.8. The van der Waals surface area contributed by atoms with Crippen molar-refractivity contribution in [1.82, 2.24) is 4.57 Å². The molecule has 3 aromatic rings. The number of phenols is 1. The van der Waals surface area contributed by atoms with E-state index in [4.69, 9.17) is 14.2 Å². The highest BCUT2D eigenvalue weighted by molar-refractivity contribution is 7.07. The number of esters is 1. The van der Waals surface area contributed by atoms with Gasteiger partial charge in [0.05, 0.1) is 41.7 Å². The summed E-state index contributed by atoms with van der Waals surface area (Å²) in [6.45, 7) is 8.36.